The van der Waals surface area contributed by atoms with Gasteiger partial charge < -0.3 is 14.8 Å². The van der Waals surface area contributed by atoms with Crippen molar-refractivity contribution in [3.05, 3.63) is 71.0 Å². The fraction of sp³-hybridized carbons (Fsp3) is 0.150. The minimum Gasteiger partial charge on any atom is -0.497 e. The molecule has 0 spiro atoms. The number of halogens is 3. The van der Waals surface area contributed by atoms with Gasteiger partial charge in [0.15, 0.2) is 5.75 Å². The van der Waals surface area contributed by atoms with Crippen molar-refractivity contribution in [1.29, 1.82) is 0 Å². The van der Waals surface area contributed by atoms with Gasteiger partial charge in [0, 0.05) is 11.6 Å². The van der Waals surface area contributed by atoms with E-state index in [1.54, 1.807) is 24.3 Å². The lowest BCUT2D eigenvalue weighted by molar-refractivity contribution is -0.274. The Kier molecular flexibility index (Phi) is 6.05. The van der Waals surface area contributed by atoms with E-state index in [2.05, 4.69) is 15.2 Å². The van der Waals surface area contributed by atoms with E-state index in [1.165, 1.54) is 37.4 Å². The second-order valence-corrected chi connectivity index (χ2v) is 6.04. The smallest absolute Gasteiger partial charge is 0.497 e. The predicted molar refractivity (Wildman–Crippen MR) is 102 cm³/mol. The van der Waals surface area contributed by atoms with E-state index in [0.29, 0.717) is 17.0 Å². The predicted octanol–water partition coefficient (Wildman–Crippen LogP) is 3.46. The maximum Gasteiger partial charge on any atom is 0.573 e. The lowest BCUT2D eigenvalue weighted by Gasteiger charge is -2.14. The standard InChI is InChI=1S/C20H16F3N3O4/c1-29-14-8-6-13(7-9-14)15-10-11-19(28)26(25-15)12-18(27)24-16-4-2-3-5-17(16)30-20(21,22)23/h2-11H,12H2,1H3,(H,24,27). The van der Waals surface area contributed by atoms with Gasteiger partial charge in [-0.25, -0.2) is 4.68 Å². The summed E-state index contributed by atoms with van der Waals surface area (Å²) in [6.45, 7) is -0.497. The highest BCUT2D eigenvalue weighted by Crippen LogP contribution is 2.29. The van der Waals surface area contributed by atoms with Crippen LogP contribution in [0.3, 0.4) is 0 Å². The van der Waals surface area contributed by atoms with Crippen LogP contribution >= 0.6 is 0 Å². The van der Waals surface area contributed by atoms with Crippen LogP contribution in [-0.2, 0) is 11.3 Å². The Morgan fingerprint density at radius 2 is 1.77 bits per heavy atom. The van der Waals surface area contributed by atoms with Gasteiger partial charge in [-0.2, -0.15) is 5.10 Å². The number of hydrogen-bond donors (Lipinski definition) is 1. The molecule has 1 aromatic heterocycles. The number of amides is 1. The third-order valence-corrected chi connectivity index (χ3v) is 3.93. The van der Waals surface area contributed by atoms with E-state index in [4.69, 9.17) is 4.74 Å². The van der Waals surface area contributed by atoms with Crippen LogP contribution in [0.2, 0.25) is 0 Å². The van der Waals surface area contributed by atoms with Gasteiger partial charge in [0.25, 0.3) is 5.56 Å². The van der Waals surface area contributed by atoms with Gasteiger partial charge in [0.05, 0.1) is 18.5 Å². The van der Waals surface area contributed by atoms with Gasteiger partial charge in [-0.1, -0.05) is 12.1 Å². The molecule has 10 heteroatoms. The summed E-state index contributed by atoms with van der Waals surface area (Å²) in [7, 11) is 1.53. The number of alkyl halides is 3. The van der Waals surface area contributed by atoms with Crippen molar-refractivity contribution in [3.63, 3.8) is 0 Å². The van der Waals surface area contributed by atoms with E-state index in [9.17, 15) is 22.8 Å². The summed E-state index contributed by atoms with van der Waals surface area (Å²) in [5, 5.41) is 6.46. The summed E-state index contributed by atoms with van der Waals surface area (Å²) in [6, 6.07) is 14.8. The number of carbonyl (C=O) groups excluding carboxylic acids is 1. The fourth-order valence-corrected chi connectivity index (χ4v) is 2.59. The number of hydrogen-bond acceptors (Lipinski definition) is 5. The molecule has 1 amide bonds. The van der Waals surface area contributed by atoms with Crippen molar-refractivity contribution in [2.24, 2.45) is 0 Å². The number of aromatic nitrogens is 2. The molecule has 0 saturated carbocycles. The molecule has 0 aliphatic carbocycles. The van der Waals surface area contributed by atoms with Crippen molar-refractivity contribution < 1.29 is 27.4 Å². The van der Waals surface area contributed by atoms with Crippen molar-refractivity contribution in [1.82, 2.24) is 9.78 Å². The Hall–Kier alpha value is -3.82. The summed E-state index contributed by atoms with van der Waals surface area (Å²) in [5.74, 6) is -0.661. The molecule has 2 aromatic carbocycles. The van der Waals surface area contributed by atoms with E-state index in [0.717, 1.165) is 10.7 Å². The second kappa shape index (κ2) is 8.68. The topological polar surface area (TPSA) is 82.5 Å². The molecule has 0 unspecified atom stereocenters. The summed E-state index contributed by atoms with van der Waals surface area (Å²) in [6.07, 6.45) is -4.91. The van der Waals surface area contributed by atoms with Crippen LogP contribution in [0.5, 0.6) is 11.5 Å². The van der Waals surface area contributed by atoms with Crippen molar-refractivity contribution in [2.45, 2.75) is 12.9 Å². The maximum absolute atomic E-state index is 12.5. The van der Waals surface area contributed by atoms with Gasteiger partial charge in [-0.15, -0.1) is 13.2 Å². The fourth-order valence-electron chi connectivity index (χ4n) is 2.59. The number of anilines is 1. The first-order valence-corrected chi connectivity index (χ1v) is 8.62. The number of rotatable bonds is 6. The zero-order chi connectivity index (χ0) is 21.7. The molecular weight excluding hydrogens is 403 g/mol. The molecule has 1 heterocycles. The van der Waals surface area contributed by atoms with Crippen molar-refractivity contribution in [2.75, 3.05) is 12.4 Å². The Morgan fingerprint density at radius 1 is 1.07 bits per heavy atom. The van der Waals surface area contributed by atoms with Crippen LogP contribution < -0.4 is 20.3 Å². The molecule has 30 heavy (non-hydrogen) atoms. The third-order valence-electron chi connectivity index (χ3n) is 3.93. The Bertz CT molecular complexity index is 1100. The Balaban J connectivity index is 1.78. The molecule has 7 nitrogen and oxygen atoms in total. The number of benzene rings is 2. The highest BCUT2D eigenvalue weighted by atomic mass is 19.4. The number of carbonyl (C=O) groups is 1. The molecule has 0 fully saturated rings. The number of methoxy groups -OCH3 is 1. The lowest BCUT2D eigenvalue weighted by Crippen LogP contribution is -2.29. The van der Waals surface area contributed by atoms with Gasteiger partial charge in [-0.3, -0.25) is 9.59 Å². The highest BCUT2D eigenvalue weighted by Gasteiger charge is 2.32. The summed E-state index contributed by atoms with van der Waals surface area (Å²) < 4.78 is 47.4. The monoisotopic (exact) mass is 419 g/mol. The molecule has 3 aromatic rings. The van der Waals surface area contributed by atoms with E-state index in [1.807, 2.05) is 0 Å². The number of para-hydroxylation sites is 2. The zero-order valence-corrected chi connectivity index (χ0v) is 15.6. The molecule has 0 atom stereocenters. The number of ether oxygens (including phenoxy) is 2. The molecule has 0 saturated heterocycles. The van der Waals surface area contributed by atoms with E-state index >= 15 is 0 Å². The Labute approximate surface area is 168 Å². The average Bonchev–Trinajstić information content (AvgIpc) is 2.70. The van der Waals surface area contributed by atoms with Gasteiger partial charge >= 0.3 is 6.36 Å². The normalized spacial score (nSPS) is 11.1. The minimum absolute atomic E-state index is 0.181. The molecular formula is C20H16F3N3O4. The molecule has 0 bridgehead atoms. The molecule has 1 N–H and O–H groups in total. The van der Waals surface area contributed by atoms with Gasteiger partial charge in [0.1, 0.15) is 12.3 Å². The largest absolute Gasteiger partial charge is 0.573 e. The zero-order valence-electron chi connectivity index (χ0n) is 15.6. The van der Waals surface area contributed by atoms with Crippen molar-refractivity contribution >= 4 is 11.6 Å². The molecule has 0 aliphatic rings. The average molecular weight is 419 g/mol. The van der Waals surface area contributed by atoms with Gasteiger partial charge in [-0.05, 0) is 42.5 Å². The first kappa shape index (κ1) is 20.9. The van der Waals surface area contributed by atoms with E-state index in [-0.39, 0.29) is 5.69 Å². The second-order valence-electron chi connectivity index (χ2n) is 6.04. The summed E-state index contributed by atoms with van der Waals surface area (Å²) in [5.41, 5.74) is 0.404. The minimum atomic E-state index is -4.91. The van der Waals surface area contributed by atoms with Crippen LogP contribution in [0.1, 0.15) is 0 Å². The van der Waals surface area contributed by atoms with Gasteiger partial charge in [0.2, 0.25) is 5.91 Å². The quantitative estimate of drug-likeness (QED) is 0.662. The number of nitrogens with one attached hydrogen (secondary N) is 1. The SMILES string of the molecule is COc1ccc(-c2ccc(=O)n(CC(=O)Nc3ccccc3OC(F)(F)F)n2)cc1. The van der Waals surface area contributed by atoms with Crippen LogP contribution in [0, 0.1) is 0 Å². The highest BCUT2D eigenvalue weighted by molar-refractivity contribution is 5.92. The van der Waals surface area contributed by atoms with Crippen LogP contribution in [-0.4, -0.2) is 29.2 Å². The third kappa shape index (κ3) is 5.37. The first-order valence-electron chi connectivity index (χ1n) is 8.62. The summed E-state index contributed by atoms with van der Waals surface area (Å²) >= 11 is 0. The summed E-state index contributed by atoms with van der Waals surface area (Å²) in [4.78, 5) is 24.4. The molecule has 3 rings (SSSR count). The molecule has 0 aliphatic heterocycles. The first-order chi connectivity index (χ1) is 14.2. The van der Waals surface area contributed by atoms with Crippen LogP contribution in [0.4, 0.5) is 18.9 Å². The van der Waals surface area contributed by atoms with Crippen LogP contribution in [0.15, 0.2) is 65.5 Å². The lowest BCUT2D eigenvalue weighted by atomic mass is 10.1. The number of nitrogens with zero attached hydrogens (tertiary/aromatic N) is 2. The van der Waals surface area contributed by atoms with E-state index < -0.39 is 30.1 Å². The molecule has 156 valence electrons. The van der Waals surface area contributed by atoms with Crippen LogP contribution in [0.25, 0.3) is 11.3 Å². The maximum atomic E-state index is 12.5. The Morgan fingerprint density at radius 3 is 2.43 bits per heavy atom. The van der Waals surface area contributed by atoms with Crippen molar-refractivity contribution in [3.8, 4) is 22.8 Å². The molecule has 0 radical (unpaired) electrons.